The van der Waals surface area contributed by atoms with Gasteiger partial charge in [0.15, 0.2) is 12.2 Å². The zero-order chi connectivity index (χ0) is 20.2. The Morgan fingerprint density at radius 1 is 1.07 bits per heavy atom. The van der Waals surface area contributed by atoms with Gasteiger partial charge in [-0.25, -0.2) is 4.98 Å². The van der Waals surface area contributed by atoms with Crippen LogP contribution in [0.25, 0.3) is 22.6 Å². The van der Waals surface area contributed by atoms with Crippen LogP contribution >= 0.6 is 11.6 Å². The van der Waals surface area contributed by atoms with Crippen LogP contribution in [0.1, 0.15) is 0 Å². The minimum absolute atomic E-state index is 0.117. The number of amides is 1. The van der Waals surface area contributed by atoms with Gasteiger partial charge in [-0.3, -0.25) is 4.79 Å². The van der Waals surface area contributed by atoms with Crippen molar-refractivity contribution in [2.24, 2.45) is 0 Å². The number of nitrogens with one attached hydrogen (secondary N) is 1. The number of oxazole rings is 1. The minimum atomic E-state index is -0.278. The quantitative estimate of drug-likeness (QED) is 0.476. The standard InChI is InChI=1S/C22H17ClN2O4/c1-27-18-9-10-20-19(12-18)25-22(29-20)14-3-2-4-16(11-14)24-21(26)13-28-17-7-5-15(23)6-8-17/h2-12H,13H2,1H3,(H,24,26). The molecule has 0 saturated carbocycles. The highest BCUT2D eigenvalue weighted by Crippen LogP contribution is 2.28. The molecular weight excluding hydrogens is 392 g/mol. The van der Waals surface area contributed by atoms with E-state index < -0.39 is 0 Å². The van der Waals surface area contributed by atoms with Crippen LogP contribution in [0.15, 0.2) is 71.1 Å². The maximum atomic E-state index is 12.2. The molecule has 0 bridgehead atoms. The van der Waals surface area contributed by atoms with Crippen molar-refractivity contribution in [1.29, 1.82) is 0 Å². The summed E-state index contributed by atoms with van der Waals surface area (Å²) in [6, 6.07) is 19.5. The summed E-state index contributed by atoms with van der Waals surface area (Å²) in [5.74, 6) is 1.46. The molecule has 0 aliphatic rings. The summed E-state index contributed by atoms with van der Waals surface area (Å²) in [6.07, 6.45) is 0. The predicted octanol–water partition coefficient (Wildman–Crippen LogP) is 5.17. The number of ether oxygens (including phenoxy) is 2. The number of hydrogen-bond donors (Lipinski definition) is 1. The van der Waals surface area contributed by atoms with Gasteiger partial charge in [0.05, 0.1) is 7.11 Å². The molecule has 1 amide bonds. The summed E-state index contributed by atoms with van der Waals surface area (Å²) in [4.78, 5) is 16.7. The minimum Gasteiger partial charge on any atom is -0.497 e. The first-order chi connectivity index (χ1) is 14.1. The number of fused-ring (bicyclic) bond motifs is 1. The number of benzene rings is 3. The molecule has 0 atom stereocenters. The van der Waals surface area contributed by atoms with Crippen molar-refractivity contribution in [2.45, 2.75) is 0 Å². The lowest BCUT2D eigenvalue weighted by molar-refractivity contribution is -0.118. The van der Waals surface area contributed by atoms with Crippen LogP contribution in [0.4, 0.5) is 5.69 Å². The molecule has 1 N–H and O–H groups in total. The fourth-order valence-electron chi connectivity index (χ4n) is 2.76. The molecule has 0 fully saturated rings. The van der Waals surface area contributed by atoms with Gasteiger partial charge in [-0.05, 0) is 54.6 Å². The van der Waals surface area contributed by atoms with Gasteiger partial charge < -0.3 is 19.2 Å². The predicted molar refractivity (Wildman–Crippen MR) is 112 cm³/mol. The Labute approximate surface area is 172 Å². The topological polar surface area (TPSA) is 73.6 Å². The van der Waals surface area contributed by atoms with E-state index in [-0.39, 0.29) is 12.5 Å². The van der Waals surface area contributed by atoms with Crippen LogP contribution in [-0.4, -0.2) is 24.6 Å². The van der Waals surface area contributed by atoms with Crippen molar-refractivity contribution in [3.63, 3.8) is 0 Å². The molecule has 7 heteroatoms. The van der Waals surface area contributed by atoms with Crippen LogP contribution in [0.5, 0.6) is 11.5 Å². The molecule has 4 aromatic rings. The van der Waals surface area contributed by atoms with E-state index in [0.717, 1.165) is 5.56 Å². The van der Waals surface area contributed by atoms with Crippen LogP contribution in [0.3, 0.4) is 0 Å². The first kappa shape index (κ1) is 18.8. The maximum absolute atomic E-state index is 12.2. The average Bonchev–Trinajstić information content (AvgIpc) is 3.17. The summed E-state index contributed by atoms with van der Waals surface area (Å²) in [5, 5.41) is 3.41. The number of halogens is 1. The van der Waals surface area contributed by atoms with Crippen LogP contribution in [-0.2, 0) is 4.79 Å². The highest BCUT2D eigenvalue weighted by atomic mass is 35.5. The lowest BCUT2D eigenvalue weighted by Gasteiger charge is -2.08. The van der Waals surface area contributed by atoms with E-state index in [1.807, 2.05) is 30.3 Å². The third kappa shape index (κ3) is 4.50. The molecule has 1 aromatic heterocycles. The van der Waals surface area contributed by atoms with Gasteiger partial charge in [0.1, 0.15) is 17.0 Å². The Kier molecular flexibility index (Phi) is 5.35. The number of carbonyl (C=O) groups excluding carboxylic acids is 1. The SMILES string of the molecule is COc1ccc2oc(-c3cccc(NC(=O)COc4ccc(Cl)cc4)c3)nc2c1. The van der Waals surface area contributed by atoms with Gasteiger partial charge in [-0.2, -0.15) is 0 Å². The molecule has 3 aromatic carbocycles. The molecule has 0 spiro atoms. The molecule has 0 aliphatic heterocycles. The van der Waals surface area contributed by atoms with Crippen molar-refractivity contribution < 1.29 is 18.7 Å². The van der Waals surface area contributed by atoms with Gasteiger partial charge in [-0.1, -0.05) is 17.7 Å². The second-order valence-corrected chi connectivity index (χ2v) is 6.66. The molecule has 0 unspecified atom stereocenters. The molecule has 0 saturated heterocycles. The molecule has 29 heavy (non-hydrogen) atoms. The fourth-order valence-corrected chi connectivity index (χ4v) is 2.89. The number of carbonyl (C=O) groups is 1. The van der Waals surface area contributed by atoms with Crippen molar-refractivity contribution in [3.8, 4) is 23.0 Å². The third-order valence-corrected chi connectivity index (χ3v) is 4.42. The highest BCUT2D eigenvalue weighted by Gasteiger charge is 2.11. The molecular formula is C22H17ClN2O4. The van der Waals surface area contributed by atoms with E-state index in [2.05, 4.69) is 10.3 Å². The van der Waals surface area contributed by atoms with Gasteiger partial charge in [0, 0.05) is 22.3 Å². The number of nitrogens with zero attached hydrogens (tertiary/aromatic N) is 1. The Balaban J connectivity index is 1.45. The smallest absolute Gasteiger partial charge is 0.262 e. The number of anilines is 1. The summed E-state index contributed by atoms with van der Waals surface area (Å²) in [5.41, 5.74) is 2.72. The van der Waals surface area contributed by atoms with E-state index in [1.54, 1.807) is 43.5 Å². The van der Waals surface area contributed by atoms with Crippen molar-refractivity contribution in [3.05, 3.63) is 71.8 Å². The number of hydrogen-bond acceptors (Lipinski definition) is 5. The van der Waals surface area contributed by atoms with Crippen LogP contribution in [0.2, 0.25) is 5.02 Å². The Morgan fingerprint density at radius 3 is 2.66 bits per heavy atom. The second-order valence-electron chi connectivity index (χ2n) is 6.22. The summed E-state index contributed by atoms with van der Waals surface area (Å²) >= 11 is 5.83. The van der Waals surface area contributed by atoms with E-state index in [0.29, 0.717) is 39.2 Å². The molecule has 0 aliphatic carbocycles. The molecule has 0 radical (unpaired) electrons. The first-order valence-corrected chi connectivity index (χ1v) is 9.22. The molecule has 146 valence electrons. The maximum Gasteiger partial charge on any atom is 0.262 e. The largest absolute Gasteiger partial charge is 0.497 e. The van der Waals surface area contributed by atoms with Crippen molar-refractivity contribution in [1.82, 2.24) is 4.98 Å². The van der Waals surface area contributed by atoms with Crippen molar-refractivity contribution >= 4 is 34.3 Å². The van der Waals surface area contributed by atoms with Gasteiger partial charge in [0.25, 0.3) is 5.91 Å². The zero-order valence-corrected chi connectivity index (χ0v) is 16.3. The van der Waals surface area contributed by atoms with E-state index in [9.17, 15) is 4.79 Å². The monoisotopic (exact) mass is 408 g/mol. The second kappa shape index (κ2) is 8.24. The molecule has 6 nitrogen and oxygen atoms in total. The van der Waals surface area contributed by atoms with Crippen LogP contribution < -0.4 is 14.8 Å². The molecule has 4 rings (SSSR count). The number of methoxy groups -OCH3 is 1. The lowest BCUT2D eigenvalue weighted by atomic mass is 10.2. The first-order valence-electron chi connectivity index (χ1n) is 8.84. The fraction of sp³-hybridized carbons (Fsp3) is 0.0909. The third-order valence-electron chi connectivity index (χ3n) is 4.17. The Morgan fingerprint density at radius 2 is 1.86 bits per heavy atom. The molecule has 1 heterocycles. The Bertz CT molecular complexity index is 1160. The van der Waals surface area contributed by atoms with Crippen molar-refractivity contribution in [2.75, 3.05) is 19.0 Å². The summed E-state index contributed by atoms with van der Waals surface area (Å²) in [6.45, 7) is -0.117. The van der Waals surface area contributed by atoms with Gasteiger partial charge in [0.2, 0.25) is 5.89 Å². The van der Waals surface area contributed by atoms with E-state index in [4.69, 9.17) is 25.5 Å². The normalized spacial score (nSPS) is 10.7. The van der Waals surface area contributed by atoms with Gasteiger partial charge in [-0.15, -0.1) is 0 Å². The highest BCUT2D eigenvalue weighted by molar-refractivity contribution is 6.30. The van der Waals surface area contributed by atoms with Crippen LogP contribution in [0, 0.1) is 0 Å². The summed E-state index contributed by atoms with van der Waals surface area (Å²) in [7, 11) is 1.60. The summed E-state index contributed by atoms with van der Waals surface area (Å²) < 4.78 is 16.5. The van der Waals surface area contributed by atoms with Gasteiger partial charge >= 0.3 is 0 Å². The average molecular weight is 409 g/mol. The van der Waals surface area contributed by atoms with E-state index in [1.165, 1.54) is 0 Å². The zero-order valence-electron chi connectivity index (χ0n) is 15.5. The Hall–Kier alpha value is -3.51. The van der Waals surface area contributed by atoms with E-state index >= 15 is 0 Å². The number of aromatic nitrogens is 1. The lowest BCUT2D eigenvalue weighted by Crippen LogP contribution is -2.20. The number of rotatable bonds is 6.